The maximum atomic E-state index is 12.4. The van der Waals surface area contributed by atoms with Crippen molar-refractivity contribution in [3.05, 3.63) is 53.1 Å². The number of halogens is 1. The molecule has 6 nitrogen and oxygen atoms in total. The summed E-state index contributed by atoms with van der Waals surface area (Å²) in [4.78, 5) is 24.2. The number of hydrogen-bond donors (Lipinski definition) is 2. The number of hydrogen-bond acceptors (Lipinski definition) is 4. The van der Waals surface area contributed by atoms with E-state index in [0.717, 1.165) is 5.75 Å². The van der Waals surface area contributed by atoms with Crippen LogP contribution in [0.15, 0.2) is 42.5 Å². The average Bonchev–Trinajstić information content (AvgIpc) is 2.63. The number of anilines is 2. The lowest BCUT2D eigenvalue weighted by Gasteiger charge is -2.11. The second-order valence-corrected chi connectivity index (χ2v) is 5.70. The van der Waals surface area contributed by atoms with E-state index in [2.05, 4.69) is 10.6 Å². The molecule has 138 valence electrons. The van der Waals surface area contributed by atoms with E-state index in [4.69, 9.17) is 21.1 Å². The van der Waals surface area contributed by atoms with Gasteiger partial charge >= 0.3 is 0 Å². The number of nitrogens with one attached hydrogen (secondary N) is 2. The van der Waals surface area contributed by atoms with Gasteiger partial charge in [-0.05, 0) is 56.3 Å². The van der Waals surface area contributed by atoms with Crippen molar-refractivity contribution in [2.75, 3.05) is 30.5 Å². The van der Waals surface area contributed by atoms with Crippen LogP contribution in [0.3, 0.4) is 0 Å². The molecule has 0 heterocycles. The van der Waals surface area contributed by atoms with Crippen molar-refractivity contribution in [3.8, 4) is 5.75 Å². The molecule has 0 saturated carbocycles. The molecule has 7 heteroatoms. The first-order chi connectivity index (χ1) is 12.5. The van der Waals surface area contributed by atoms with E-state index in [1.807, 2.05) is 6.92 Å². The Morgan fingerprint density at radius 2 is 1.73 bits per heavy atom. The van der Waals surface area contributed by atoms with Crippen LogP contribution >= 0.6 is 11.6 Å². The number of benzene rings is 2. The second kappa shape index (κ2) is 9.79. The highest BCUT2D eigenvalue weighted by Crippen LogP contribution is 2.24. The number of carbonyl (C=O) groups excluding carboxylic acids is 2. The van der Waals surface area contributed by atoms with Gasteiger partial charge in [-0.2, -0.15) is 0 Å². The molecular weight excluding hydrogens is 356 g/mol. The lowest BCUT2D eigenvalue weighted by molar-refractivity contribution is -0.120. The zero-order chi connectivity index (χ0) is 18.9. The van der Waals surface area contributed by atoms with E-state index < -0.39 is 0 Å². The van der Waals surface area contributed by atoms with Crippen LogP contribution in [0.1, 0.15) is 24.2 Å². The molecule has 0 aliphatic rings. The molecule has 2 amide bonds. The number of ether oxygens (including phenoxy) is 2. The van der Waals surface area contributed by atoms with Crippen LogP contribution in [0.5, 0.6) is 5.75 Å². The predicted octanol–water partition coefficient (Wildman–Crippen LogP) is 3.97. The molecule has 0 aliphatic carbocycles. The van der Waals surface area contributed by atoms with E-state index in [9.17, 15) is 9.59 Å². The second-order valence-electron chi connectivity index (χ2n) is 5.29. The summed E-state index contributed by atoms with van der Waals surface area (Å²) in [6.07, 6.45) is 0. The lowest BCUT2D eigenvalue weighted by Crippen LogP contribution is -2.19. The zero-order valence-corrected chi connectivity index (χ0v) is 15.4. The first-order valence-corrected chi connectivity index (χ1v) is 8.62. The van der Waals surface area contributed by atoms with Gasteiger partial charge < -0.3 is 20.1 Å². The van der Waals surface area contributed by atoms with Gasteiger partial charge in [-0.25, -0.2) is 0 Å². The zero-order valence-electron chi connectivity index (χ0n) is 14.7. The first kappa shape index (κ1) is 19.8. The van der Waals surface area contributed by atoms with Gasteiger partial charge in [0.2, 0.25) is 5.91 Å². The van der Waals surface area contributed by atoms with Crippen molar-refractivity contribution >= 4 is 34.8 Å². The van der Waals surface area contributed by atoms with Gasteiger partial charge in [0.15, 0.2) is 0 Å². The van der Waals surface area contributed by atoms with Gasteiger partial charge in [-0.1, -0.05) is 11.6 Å². The Morgan fingerprint density at radius 1 is 1.00 bits per heavy atom. The maximum absolute atomic E-state index is 12.4. The van der Waals surface area contributed by atoms with E-state index in [-0.39, 0.29) is 18.4 Å². The molecule has 0 unspecified atom stereocenters. The summed E-state index contributed by atoms with van der Waals surface area (Å²) in [6.45, 7) is 4.64. The lowest BCUT2D eigenvalue weighted by atomic mass is 10.1. The summed E-state index contributed by atoms with van der Waals surface area (Å²) in [5.41, 5.74) is 1.36. The van der Waals surface area contributed by atoms with Crippen molar-refractivity contribution in [3.63, 3.8) is 0 Å². The molecule has 0 aliphatic heterocycles. The molecule has 0 radical (unpaired) electrons. The van der Waals surface area contributed by atoms with Gasteiger partial charge in [-0.3, -0.25) is 9.59 Å². The summed E-state index contributed by atoms with van der Waals surface area (Å²) >= 11 is 6.09. The van der Waals surface area contributed by atoms with Gasteiger partial charge in [0.05, 0.1) is 17.3 Å². The smallest absolute Gasteiger partial charge is 0.255 e. The highest BCUT2D eigenvalue weighted by molar-refractivity contribution is 6.34. The molecule has 0 aromatic heterocycles. The summed E-state index contributed by atoms with van der Waals surface area (Å²) < 4.78 is 10.4. The highest BCUT2D eigenvalue weighted by atomic mass is 35.5. The minimum absolute atomic E-state index is 0.0740. The average molecular weight is 377 g/mol. The fourth-order valence-corrected chi connectivity index (χ4v) is 2.31. The Bertz CT molecular complexity index is 763. The molecule has 0 spiro atoms. The molecule has 2 rings (SSSR count). The van der Waals surface area contributed by atoms with E-state index in [1.165, 1.54) is 6.07 Å². The summed E-state index contributed by atoms with van der Waals surface area (Å²) in [5.74, 6) is 0.0836. The maximum Gasteiger partial charge on any atom is 0.255 e. The number of rotatable bonds is 8. The third kappa shape index (κ3) is 5.75. The van der Waals surface area contributed by atoms with Crippen molar-refractivity contribution in [1.29, 1.82) is 0 Å². The summed E-state index contributed by atoms with van der Waals surface area (Å²) in [7, 11) is 0. The molecule has 0 bridgehead atoms. The minimum Gasteiger partial charge on any atom is -0.494 e. The van der Waals surface area contributed by atoms with Crippen LogP contribution in [0.25, 0.3) is 0 Å². The van der Waals surface area contributed by atoms with Crippen molar-refractivity contribution in [2.45, 2.75) is 13.8 Å². The Labute approximate surface area is 157 Å². The van der Waals surface area contributed by atoms with E-state index in [0.29, 0.717) is 35.2 Å². The van der Waals surface area contributed by atoms with Crippen LogP contribution in [0, 0.1) is 0 Å². The monoisotopic (exact) mass is 376 g/mol. The van der Waals surface area contributed by atoms with Crippen molar-refractivity contribution in [2.24, 2.45) is 0 Å². The molecule has 0 fully saturated rings. The normalized spacial score (nSPS) is 10.3. The molecule has 2 aromatic rings. The molecule has 0 saturated heterocycles. The fraction of sp³-hybridized carbons (Fsp3) is 0.263. The van der Waals surface area contributed by atoms with Crippen LogP contribution in [0.2, 0.25) is 5.02 Å². The third-order valence-corrected chi connectivity index (χ3v) is 3.69. The van der Waals surface area contributed by atoms with Crippen molar-refractivity contribution < 1.29 is 19.1 Å². The Hall–Kier alpha value is -2.57. The SMILES string of the molecule is CCOCC(=O)Nc1cc(C(=O)Nc2ccc(OCC)cc2)ccc1Cl. The van der Waals surface area contributed by atoms with Crippen LogP contribution in [0.4, 0.5) is 11.4 Å². The Balaban J connectivity index is 2.06. The van der Waals surface area contributed by atoms with Crippen LogP contribution in [-0.4, -0.2) is 31.6 Å². The molecule has 2 N–H and O–H groups in total. The van der Waals surface area contributed by atoms with Gasteiger partial charge in [-0.15, -0.1) is 0 Å². The quantitative estimate of drug-likeness (QED) is 0.731. The highest BCUT2D eigenvalue weighted by Gasteiger charge is 2.12. The Kier molecular flexibility index (Phi) is 7.44. The van der Waals surface area contributed by atoms with E-state index in [1.54, 1.807) is 43.3 Å². The number of carbonyl (C=O) groups is 2. The van der Waals surface area contributed by atoms with Gasteiger partial charge in [0, 0.05) is 17.9 Å². The minimum atomic E-state index is -0.335. The topological polar surface area (TPSA) is 76.7 Å². The largest absolute Gasteiger partial charge is 0.494 e. The molecule has 26 heavy (non-hydrogen) atoms. The third-order valence-electron chi connectivity index (χ3n) is 3.36. The van der Waals surface area contributed by atoms with Gasteiger partial charge in [0.25, 0.3) is 5.91 Å². The van der Waals surface area contributed by atoms with Crippen LogP contribution < -0.4 is 15.4 Å². The predicted molar refractivity (Wildman–Crippen MR) is 102 cm³/mol. The molecule has 0 atom stereocenters. The van der Waals surface area contributed by atoms with Gasteiger partial charge in [0.1, 0.15) is 12.4 Å². The summed E-state index contributed by atoms with van der Waals surface area (Å²) in [5, 5.41) is 5.76. The van der Waals surface area contributed by atoms with Crippen LogP contribution in [-0.2, 0) is 9.53 Å². The Morgan fingerprint density at radius 3 is 2.38 bits per heavy atom. The summed E-state index contributed by atoms with van der Waals surface area (Å²) in [6, 6.07) is 11.7. The standard InChI is InChI=1S/C19H21ClN2O4/c1-3-25-12-18(23)22-17-11-13(5-10-16(17)20)19(24)21-14-6-8-15(9-7-14)26-4-2/h5-11H,3-4,12H2,1-2H3,(H,21,24)(H,22,23). The molecular formula is C19H21ClN2O4. The van der Waals surface area contributed by atoms with E-state index >= 15 is 0 Å². The number of amides is 2. The first-order valence-electron chi connectivity index (χ1n) is 8.24. The van der Waals surface area contributed by atoms with Crippen molar-refractivity contribution in [1.82, 2.24) is 0 Å². The fourth-order valence-electron chi connectivity index (χ4n) is 2.15. The molecule has 2 aromatic carbocycles.